The smallest absolute Gasteiger partial charge is 0.0820 e. The Morgan fingerprint density at radius 2 is 1.89 bits per heavy atom. The second-order valence-corrected chi connectivity index (χ2v) is 5.75. The monoisotopic (exact) mass is 246 g/mol. The zero-order valence-corrected chi connectivity index (χ0v) is 11.9. The van der Waals surface area contributed by atoms with Gasteiger partial charge in [0.05, 0.1) is 6.10 Å². The highest BCUT2D eigenvalue weighted by molar-refractivity contribution is 5.33. The van der Waals surface area contributed by atoms with Gasteiger partial charge in [0.25, 0.3) is 0 Å². The maximum atomic E-state index is 10.6. The molecule has 1 aliphatic carbocycles. The predicted octanol–water partition coefficient (Wildman–Crippen LogP) is 4.28. The summed E-state index contributed by atoms with van der Waals surface area (Å²) >= 11 is 0. The van der Waals surface area contributed by atoms with E-state index in [-0.39, 0.29) is 6.10 Å². The average Bonchev–Trinajstić information content (AvgIpc) is 2.83. The minimum Gasteiger partial charge on any atom is -0.388 e. The average molecular weight is 246 g/mol. The molecule has 1 fully saturated rings. The SMILES string of the molecule is CCc1ccc(C(O)C2CCCC2C)cc1CC. The molecule has 0 aliphatic heterocycles. The summed E-state index contributed by atoms with van der Waals surface area (Å²) in [6, 6.07) is 6.57. The molecule has 18 heavy (non-hydrogen) atoms. The molecule has 100 valence electrons. The van der Waals surface area contributed by atoms with Gasteiger partial charge in [-0.2, -0.15) is 0 Å². The first-order valence-corrected chi connectivity index (χ1v) is 7.47. The summed E-state index contributed by atoms with van der Waals surface area (Å²) in [7, 11) is 0. The highest BCUT2D eigenvalue weighted by atomic mass is 16.3. The Morgan fingerprint density at radius 1 is 1.17 bits per heavy atom. The fourth-order valence-electron chi connectivity index (χ4n) is 3.39. The van der Waals surface area contributed by atoms with Crippen molar-refractivity contribution in [1.82, 2.24) is 0 Å². The van der Waals surface area contributed by atoms with E-state index in [2.05, 4.69) is 39.0 Å². The van der Waals surface area contributed by atoms with Crippen LogP contribution in [0.2, 0.25) is 0 Å². The Kier molecular flexibility index (Phi) is 4.45. The second-order valence-electron chi connectivity index (χ2n) is 5.75. The Balaban J connectivity index is 2.22. The molecule has 0 heterocycles. The lowest BCUT2D eigenvalue weighted by Crippen LogP contribution is -2.15. The Hall–Kier alpha value is -0.820. The molecule has 0 radical (unpaired) electrons. The minimum absolute atomic E-state index is 0.265. The van der Waals surface area contributed by atoms with Gasteiger partial charge in [-0.1, -0.05) is 51.8 Å². The molecule has 0 bridgehead atoms. The van der Waals surface area contributed by atoms with Gasteiger partial charge in [-0.15, -0.1) is 0 Å². The van der Waals surface area contributed by atoms with E-state index in [9.17, 15) is 5.11 Å². The first kappa shape index (κ1) is 13.6. The molecule has 1 aromatic rings. The van der Waals surface area contributed by atoms with Crippen molar-refractivity contribution < 1.29 is 5.11 Å². The molecular weight excluding hydrogens is 220 g/mol. The van der Waals surface area contributed by atoms with Crippen molar-refractivity contribution in [3.63, 3.8) is 0 Å². The van der Waals surface area contributed by atoms with Gasteiger partial charge >= 0.3 is 0 Å². The maximum Gasteiger partial charge on any atom is 0.0820 e. The van der Waals surface area contributed by atoms with Gasteiger partial charge in [0.2, 0.25) is 0 Å². The van der Waals surface area contributed by atoms with Crippen LogP contribution >= 0.6 is 0 Å². The highest BCUT2D eigenvalue weighted by Gasteiger charge is 2.30. The van der Waals surface area contributed by atoms with Crippen LogP contribution in [0.4, 0.5) is 0 Å². The number of aliphatic hydroxyl groups excluding tert-OH is 1. The van der Waals surface area contributed by atoms with Crippen molar-refractivity contribution in [2.24, 2.45) is 11.8 Å². The number of aliphatic hydroxyl groups is 1. The molecule has 1 aromatic carbocycles. The van der Waals surface area contributed by atoms with Gasteiger partial charge in [0.15, 0.2) is 0 Å². The molecule has 1 saturated carbocycles. The standard InChI is InChI=1S/C17H26O/c1-4-13-9-10-15(11-14(13)5-2)17(18)16-8-6-7-12(16)3/h9-12,16-18H,4-8H2,1-3H3. The van der Waals surface area contributed by atoms with Gasteiger partial charge in [-0.3, -0.25) is 0 Å². The lowest BCUT2D eigenvalue weighted by atomic mass is 9.86. The van der Waals surface area contributed by atoms with Crippen LogP contribution in [0.15, 0.2) is 18.2 Å². The molecule has 0 spiro atoms. The van der Waals surface area contributed by atoms with Crippen molar-refractivity contribution in [2.75, 3.05) is 0 Å². The summed E-state index contributed by atoms with van der Waals surface area (Å²) in [6.07, 6.45) is 5.60. The van der Waals surface area contributed by atoms with Gasteiger partial charge in [0.1, 0.15) is 0 Å². The molecule has 1 aliphatic rings. The molecule has 3 atom stereocenters. The van der Waals surface area contributed by atoms with Gasteiger partial charge in [-0.25, -0.2) is 0 Å². The normalized spacial score (nSPS) is 25.3. The minimum atomic E-state index is -0.265. The van der Waals surface area contributed by atoms with Crippen LogP contribution in [0.25, 0.3) is 0 Å². The first-order valence-electron chi connectivity index (χ1n) is 7.47. The molecule has 2 rings (SSSR count). The Labute approximate surface area is 111 Å². The lowest BCUT2D eigenvalue weighted by Gasteiger charge is -2.23. The van der Waals surface area contributed by atoms with Crippen LogP contribution in [0, 0.1) is 11.8 Å². The van der Waals surface area contributed by atoms with E-state index < -0.39 is 0 Å². The van der Waals surface area contributed by atoms with E-state index in [1.165, 1.54) is 30.4 Å². The van der Waals surface area contributed by atoms with E-state index in [0.29, 0.717) is 11.8 Å². The highest BCUT2D eigenvalue weighted by Crippen LogP contribution is 2.40. The molecular formula is C17H26O. The van der Waals surface area contributed by atoms with E-state index >= 15 is 0 Å². The molecule has 0 saturated heterocycles. The zero-order valence-electron chi connectivity index (χ0n) is 11.9. The largest absolute Gasteiger partial charge is 0.388 e. The van der Waals surface area contributed by atoms with Gasteiger partial charge < -0.3 is 5.11 Å². The number of hydrogen-bond acceptors (Lipinski definition) is 1. The Bertz CT molecular complexity index is 397. The van der Waals surface area contributed by atoms with Gasteiger partial charge in [-0.05, 0) is 47.8 Å². The van der Waals surface area contributed by atoms with Crippen LogP contribution in [-0.4, -0.2) is 5.11 Å². The third kappa shape index (κ3) is 2.61. The molecule has 3 unspecified atom stereocenters. The topological polar surface area (TPSA) is 20.2 Å². The zero-order chi connectivity index (χ0) is 13.1. The van der Waals surface area contributed by atoms with Gasteiger partial charge in [0, 0.05) is 0 Å². The first-order chi connectivity index (χ1) is 8.67. The summed E-state index contributed by atoms with van der Waals surface area (Å²) in [5, 5.41) is 10.6. The van der Waals surface area contributed by atoms with Crippen molar-refractivity contribution in [1.29, 1.82) is 0 Å². The van der Waals surface area contributed by atoms with Crippen LogP contribution in [0.1, 0.15) is 62.8 Å². The molecule has 1 N–H and O–H groups in total. The van der Waals surface area contributed by atoms with Crippen LogP contribution < -0.4 is 0 Å². The third-order valence-electron chi connectivity index (χ3n) is 4.67. The molecule has 1 heteroatoms. The van der Waals surface area contributed by atoms with Crippen molar-refractivity contribution in [3.8, 4) is 0 Å². The number of aryl methyl sites for hydroxylation is 2. The molecule has 1 nitrogen and oxygen atoms in total. The summed E-state index contributed by atoms with van der Waals surface area (Å²) < 4.78 is 0. The summed E-state index contributed by atoms with van der Waals surface area (Å²) in [6.45, 7) is 6.68. The number of hydrogen-bond donors (Lipinski definition) is 1. The fourth-order valence-corrected chi connectivity index (χ4v) is 3.39. The summed E-state index contributed by atoms with van der Waals surface area (Å²) in [5.74, 6) is 1.12. The van der Waals surface area contributed by atoms with E-state index in [4.69, 9.17) is 0 Å². The number of benzene rings is 1. The van der Waals surface area contributed by atoms with Crippen LogP contribution in [0.5, 0.6) is 0 Å². The van der Waals surface area contributed by atoms with Crippen molar-refractivity contribution >= 4 is 0 Å². The fraction of sp³-hybridized carbons (Fsp3) is 0.647. The molecule has 0 aromatic heterocycles. The third-order valence-corrected chi connectivity index (χ3v) is 4.67. The summed E-state index contributed by atoms with van der Waals surface area (Å²) in [4.78, 5) is 0. The Morgan fingerprint density at radius 3 is 2.44 bits per heavy atom. The summed E-state index contributed by atoms with van der Waals surface area (Å²) in [5.41, 5.74) is 3.95. The van der Waals surface area contributed by atoms with E-state index in [1.807, 2.05) is 0 Å². The van der Waals surface area contributed by atoms with E-state index in [1.54, 1.807) is 0 Å². The van der Waals surface area contributed by atoms with Crippen LogP contribution in [-0.2, 0) is 12.8 Å². The van der Waals surface area contributed by atoms with E-state index in [0.717, 1.165) is 18.4 Å². The predicted molar refractivity (Wildman–Crippen MR) is 76.7 cm³/mol. The maximum absolute atomic E-state index is 10.6. The molecule has 0 amide bonds. The van der Waals surface area contributed by atoms with Crippen LogP contribution in [0.3, 0.4) is 0 Å². The number of rotatable bonds is 4. The van der Waals surface area contributed by atoms with Crippen molar-refractivity contribution in [2.45, 2.75) is 59.0 Å². The lowest BCUT2D eigenvalue weighted by molar-refractivity contribution is 0.0900. The van der Waals surface area contributed by atoms with Crippen molar-refractivity contribution in [3.05, 3.63) is 34.9 Å². The quantitative estimate of drug-likeness (QED) is 0.840. The second kappa shape index (κ2) is 5.88.